The van der Waals surface area contributed by atoms with Crippen molar-refractivity contribution in [1.29, 1.82) is 0 Å². The van der Waals surface area contributed by atoms with Crippen LogP contribution >= 0.6 is 11.8 Å². The molecule has 0 saturated carbocycles. The Labute approximate surface area is 298 Å². The Balaban J connectivity index is 0.000000269. The summed E-state index contributed by atoms with van der Waals surface area (Å²) >= 11 is 1.83. The molecule has 2 aromatic heterocycles. The van der Waals surface area contributed by atoms with Gasteiger partial charge in [-0.1, -0.05) is 89.7 Å². The molecule has 0 unspecified atom stereocenters. The fourth-order valence-corrected chi connectivity index (χ4v) is 7.63. The fraction of sp³-hybridized carbons (Fsp3) is 0.390. The van der Waals surface area contributed by atoms with E-state index in [4.69, 9.17) is 9.97 Å². The molecule has 47 heavy (non-hydrogen) atoms. The molecular weight excluding hydrogens is 777 g/mol. The Morgan fingerprint density at radius 1 is 0.915 bits per heavy atom. The minimum Gasteiger partial charge on any atom is -0.512 e. The normalized spacial score (nSPS) is 12.7. The Morgan fingerprint density at radius 3 is 2.28 bits per heavy atom. The molecule has 0 amide bonds. The van der Waals surface area contributed by atoms with Crippen LogP contribution in [0.5, 0.6) is 0 Å². The van der Waals surface area contributed by atoms with Crippen LogP contribution in [0.25, 0.3) is 43.7 Å². The smallest absolute Gasteiger partial charge is 0.162 e. The molecule has 5 aromatic rings. The molecule has 4 nitrogen and oxygen atoms in total. The number of fused-ring (bicyclic) bond motifs is 5. The number of aliphatic hydroxyl groups excluding tert-OH is 1. The van der Waals surface area contributed by atoms with Crippen LogP contribution in [-0.2, 0) is 31.3 Å². The molecule has 249 valence electrons. The molecule has 0 atom stereocenters. The van der Waals surface area contributed by atoms with E-state index in [1.165, 1.54) is 43.0 Å². The first-order chi connectivity index (χ1) is 22.0. The number of aliphatic hydroxyl groups is 1. The van der Waals surface area contributed by atoms with Crippen LogP contribution < -0.4 is 0 Å². The summed E-state index contributed by atoms with van der Waals surface area (Å²) in [6.07, 6.45) is 7.90. The van der Waals surface area contributed by atoms with Crippen molar-refractivity contribution in [2.45, 2.75) is 97.3 Å². The number of hydrogen-bond acceptors (Lipinski definition) is 5. The number of aryl methyl sites for hydroxylation is 1. The van der Waals surface area contributed by atoms with Gasteiger partial charge in [-0.15, -0.1) is 23.9 Å². The van der Waals surface area contributed by atoms with E-state index < -0.39 is 0 Å². The van der Waals surface area contributed by atoms with E-state index in [0.29, 0.717) is 0 Å². The van der Waals surface area contributed by atoms with Crippen molar-refractivity contribution in [1.82, 2.24) is 9.97 Å². The predicted molar refractivity (Wildman–Crippen MR) is 195 cm³/mol. The van der Waals surface area contributed by atoms with Gasteiger partial charge in [-0.2, -0.15) is 0 Å². The molecule has 1 aliphatic rings. The van der Waals surface area contributed by atoms with Crippen molar-refractivity contribution in [3.05, 3.63) is 83.9 Å². The zero-order chi connectivity index (χ0) is 33.2. The number of ketones is 1. The summed E-state index contributed by atoms with van der Waals surface area (Å²) in [6.45, 7) is 17.0. The summed E-state index contributed by atoms with van der Waals surface area (Å²) in [7, 11) is 0. The van der Waals surface area contributed by atoms with E-state index in [1.54, 1.807) is 0 Å². The first kappa shape index (κ1) is 36.8. The van der Waals surface area contributed by atoms with E-state index in [-0.39, 0.29) is 48.9 Å². The number of aromatic nitrogens is 2. The van der Waals surface area contributed by atoms with Crippen LogP contribution in [0.2, 0.25) is 0 Å². The molecule has 1 N–H and O–H groups in total. The van der Waals surface area contributed by atoms with Crippen LogP contribution in [0, 0.1) is 30.2 Å². The first-order valence-electron chi connectivity index (χ1n) is 16.8. The van der Waals surface area contributed by atoms with E-state index in [2.05, 4.69) is 69.3 Å². The molecule has 0 spiro atoms. The molecule has 0 bridgehead atoms. The SMILES string of the molecule is CCC(CC)C(=O)/C=C(\O)C(CC)CC.Cc1ccc2[c-]c3c(cc2n1)Sc1cc2c(CC(C)(C)C)cccc2c2ccnc-3c12.[Ir]. The third kappa shape index (κ3) is 7.99. The van der Waals surface area contributed by atoms with Gasteiger partial charge in [-0.05, 0) is 94.1 Å². The molecule has 0 saturated heterocycles. The molecule has 1 aliphatic heterocycles. The second-order valence-corrected chi connectivity index (χ2v) is 14.8. The summed E-state index contributed by atoms with van der Waals surface area (Å²) in [4.78, 5) is 23.7. The van der Waals surface area contributed by atoms with Gasteiger partial charge in [0.1, 0.15) is 0 Å². The average Bonchev–Trinajstić information content (AvgIpc) is 3.01. The van der Waals surface area contributed by atoms with Crippen LogP contribution in [0.1, 0.15) is 85.4 Å². The Morgan fingerprint density at radius 2 is 1.62 bits per heavy atom. The number of allylic oxidation sites excluding steroid dienone is 2. The number of benzene rings is 3. The third-order valence-electron chi connectivity index (χ3n) is 9.06. The van der Waals surface area contributed by atoms with Crippen molar-refractivity contribution >= 4 is 50.0 Å². The van der Waals surface area contributed by atoms with Crippen LogP contribution in [-0.4, -0.2) is 20.9 Å². The van der Waals surface area contributed by atoms with Crippen LogP contribution in [0.4, 0.5) is 0 Å². The summed E-state index contributed by atoms with van der Waals surface area (Å²) in [5.41, 5.74) is 5.80. The van der Waals surface area contributed by atoms with E-state index in [1.807, 2.05) is 58.6 Å². The number of carbonyl (C=O) groups excluding carboxylic acids is 1. The first-order valence-corrected chi connectivity index (χ1v) is 17.6. The van der Waals surface area contributed by atoms with Crippen molar-refractivity contribution in [3.63, 3.8) is 0 Å². The fourth-order valence-electron chi connectivity index (χ4n) is 6.49. The molecule has 6 heteroatoms. The Bertz CT molecular complexity index is 1930. The van der Waals surface area contributed by atoms with Gasteiger partial charge in [0.05, 0.1) is 5.76 Å². The maximum atomic E-state index is 11.7. The predicted octanol–water partition coefficient (Wildman–Crippen LogP) is 11.6. The van der Waals surface area contributed by atoms with Crippen LogP contribution in [0.15, 0.2) is 76.4 Å². The maximum Gasteiger partial charge on any atom is 0.162 e. The summed E-state index contributed by atoms with van der Waals surface area (Å²) in [5, 5.41) is 16.0. The number of rotatable bonds is 8. The number of carbonyl (C=O) groups is 1. The maximum absolute atomic E-state index is 11.7. The van der Waals surface area contributed by atoms with E-state index in [0.717, 1.165) is 60.0 Å². The standard InChI is InChI=1S/C28H23N2S.C13H24O2.Ir/c1-16-8-9-17-12-22-24(14-23(17)30-16)31-25-13-21-18(15-28(2,3)4)6-5-7-19(21)20-10-11-29-27(22)26(20)25;1-5-10(6-2)12(14)9-13(15)11(7-3)8-4;/h5-11,13-14H,15H2,1-4H3;9-11,14H,5-8H2,1-4H3;/q-1;;/b;12-9-;. The molecule has 0 aliphatic carbocycles. The minimum absolute atomic E-state index is 0. The molecule has 6 rings (SSSR count). The third-order valence-corrected chi connectivity index (χ3v) is 10.1. The van der Waals surface area contributed by atoms with Crippen molar-refractivity contribution in [3.8, 4) is 11.3 Å². The second-order valence-electron chi connectivity index (χ2n) is 13.7. The molecular formula is C41H47IrN2O2S-. The Kier molecular flexibility index (Phi) is 12.1. The quantitative estimate of drug-likeness (QED) is 0.0717. The largest absolute Gasteiger partial charge is 0.512 e. The molecule has 3 heterocycles. The Hall–Kier alpha value is -3.05. The van der Waals surface area contributed by atoms with Gasteiger partial charge >= 0.3 is 0 Å². The number of pyridine rings is 2. The van der Waals surface area contributed by atoms with Crippen molar-refractivity contribution < 1.29 is 30.0 Å². The molecule has 3 aromatic carbocycles. The van der Waals surface area contributed by atoms with Gasteiger partial charge in [0.2, 0.25) is 0 Å². The van der Waals surface area contributed by atoms with Crippen molar-refractivity contribution in [2.24, 2.45) is 17.3 Å². The average molecular weight is 824 g/mol. The van der Waals surface area contributed by atoms with Gasteiger partial charge in [0, 0.05) is 60.5 Å². The van der Waals surface area contributed by atoms with Gasteiger partial charge in [0.15, 0.2) is 5.78 Å². The summed E-state index contributed by atoms with van der Waals surface area (Å²) < 4.78 is 0. The van der Waals surface area contributed by atoms with Gasteiger partial charge in [-0.3, -0.25) is 14.8 Å². The van der Waals surface area contributed by atoms with E-state index in [9.17, 15) is 9.90 Å². The summed E-state index contributed by atoms with van der Waals surface area (Å²) in [5.74, 6) is 0.547. The number of hydrogen-bond donors (Lipinski definition) is 1. The topological polar surface area (TPSA) is 63.1 Å². The van der Waals surface area contributed by atoms with Gasteiger partial charge in [0.25, 0.3) is 0 Å². The van der Waals surface area contributed by atoms with Crippen LogP contribution in [0.3, 0.4) is 0 Å². The van der Waals surface area contributed by atoms with Gasteiger partial charge in [-0.25, -0.2) is 0 Å². The molecule has 1 radical (unpaired) electrons. The van der Waals surface area contributed by atoms with E-state index >= 15 is 0 Å². The zero-order valence-electron chi connectivity index (χ0n) is 29.0. The number of nitrogens with zero attached hydrogens (tertiary/aromatic N) is 2. The second kappa shape index (κ2) is 15.4. The van der Waals surface area contributed by atoms with Gasteiger partial charge < -0.3 is 5.11 Å². The minimum atomic E-state index is 0. The van der Waals surface area contributed by atoms with Crippen molar-refractivity contribution in [2.75, 3.05) is 0 Å². The monoisotopic (exact) mass is 824 g/mol. The molecule has 0 fully saturated rings. The zero-order valence-corrected chi connectivity index (χ0v) is 32.2. The summed E-state index contributed by atoms with van der Waals surface area (Å²) in [6, 6.07) is 21.3.